The van der Waals surface area contributed by atoms with Crippen molar-refractivity contribution in [3.8, 4) is 29.4 Å². The molecule has 0 saturated carbocycles. The number of nitrogens with zero attached hydrogens (tertiary/aromatic N) is 3. The summed E-state index contributed by atoms with van der Waals surface area (Å²) in [6.07, 6.45) is -0.484. The molecule has 1 aromatic heterocycles. The Balaban J connectivity index is 1.62. The molecule has 2 heterocycles. The van der Waals surface area contributed by atoms with Crippen LogP contribution in [-0.2, 0) is 28.9 Å². The minimum absolute atomic E-state index is 0.00253. The smallest absolute Gasteiger partial charge is 0.330 e. The Bertz CT molecular complexity index is 2050. The zero-order chi connectivity index (χ0) is 41.0. The molecule has 0 spiro atoms. The molecule has 4 aromatic rings. The lowest BCUT2D eigenvalue weighted by molar-refractivity contribution is -0.0925. The van der Waals surface area contributed by atoms with Crippen LogP contribution in [0.15, 0.2) is 94.6 Å². The molecule has 1 saturated heterocycles. The van der Waals surface area contributed by atoms with Crippen LogP contribution in [0.25, 0.3) is 0 Å². The van der Waals surface area contributed by atoms with Gasteiger partial charge in [0.1, 0.15) is 41.6 Å². The van der Waals surface area contributed by atoms with Gasteiger partial charge in [-0.3, -0.25) is 14.3 Å². The largest absolute Gasteiger partial charge is 0.497 e. The van der Waals surface area contributed by atoms with Crippen LogP contribution >= 0.6 is 8.53 Å². The Hall–Kier alpha value is -4.82. The molecule has 5 rings (SSSR count). The average Bonchev–Trinajstić information content (AvgIpc) is 3.61. The third kappa shape index (κ3) is 10.4. The minimum Gasteiger partial charge on any atom is -0.497 e. The molecule has 1 unspecified atom stereocenters. The molecule has 0 bridgehead atoms. The maximum Gasteiger partial charge on any atom is 0.330 e. The number of methoxy groups -OCH3 is 3. The van der Waals surface area contributed by atoms with Gasteiger partial charge in [0.15, 0.2) is 0 Å². The van der Waals surface area contributed by atoms with Crippen molar-refractivity contribution >= 4 is 8.53 Å². The summed E-state index contributed by atoms with van der Waals surface area (Å²) in [6.45, 7) is 8.52. The molecule has 4 atom stereocenters. The molecule has 1 aliphatic heterocycles. The van der Waals surface area contributed by atoms with E-state index >= 15 is 0 Å². The summed E-state index contributed by atoms with van der Waals surface area (Å²) in [5, 5.41) is 9.34. The number of nitrogens with one attached hydrogen (secondary N) is 1. The van der Waals surface area contributed by atoms with Crippen LogP contribution in [0.4, 0.5) is 0 Å². The van der Waals surface area contributed by atoms with Crippen LogP contribution in [0.5, 0.6) is 11.5 Å². The molecule has 1 fully saturated rings. The standard InChI is InChI=1S/C43H51N4O9P/c1-30(2)47(31(3)4)57(54-26-12-24-44)56-38-27-40(46-28-32(13-11-25-50-5)41(48)45-42(46)49)55-39(38)29-53-43(33-14-9-8-10-15-33,34-16-20-36(51-6)21-17-34)35-18-22-37(52-7)23-19-35/h8-10,14-23,28,30-31,38-40H,12,25-27,29H2,1-7H3,(H,45,48,49)/t38-,39+,40+,57?/m0/s1. The van der Waals surface area contributed by atoms with E-state index in [1.165, 1.54) is 17.9 Å². The van der Waals surface area contributed by atoms with Gasteiger partial charge in [-0.15, -0.1) is 0 Å². The summed E-state index contributed by atoms with van der Waals surface area (Å²) in [5.41, 5.74) is 0.165. The first-order chi connectivity index (χ1) is 27.6. The number of aromatic amines is 1. The van der Waals surface area contributed by atoms with E-state index in [4.69, 9.17) is 32.7 Å². The number of rotatable bonds is 18. The molecular formula is C43H51N4O9P. The normalized spacial score (nSPS) is 17.3. The Labute approximate surface area is 335 Å². The monoisotopic (exact) mass is 798 g/mol. The lowest BCUT2D eigenvalue weighted by atomic mass is 9.80. The van der Waals surface area contributed by atoms with Crippen molar-refractivity contribution in [3.05, 3.63) is 128 Å². The van der Waals surface area contributed by atoms with E-state index in [1.54, 1.807) is 14.2 Å². The van der Waals surface area contributed by atoms with Gasteiger partial charge in [-0.2, -0.15) is 5.26 Å². The zero-order valence-corrected chi connectivity index (χ0v) is 34.4. The maximum absolute atomic E-state index is 13.4. The number of hydrogen-bond donors (Lipinski definition) is 1. The fourth-order valence-corrected chi connectivity index (χ4v) is 8.57. The Morgan fingerprint density at radius 3 is 2.05 bits per heavy atom. The van der Waals surface area contributed by atoms with E-state index in [-0.39, 0.29) is 50.3 Å². The summed E-state index contributed by atoms with van der Waals surface area (Å²) >= 11 is 0. The fourth-order valence-electron chi connectivity index (χ4n) is 6.82. The molecule has 302 valence electrons. The second-order valence-corrected chi connectivity index (χ2v) is 15.2. The molecule has 0 radical (unpaired) electrons. The van der Waals surface area contributed by atoms with Crippen LogP contribution < -0.4 is 20.7 Å². The predicted octanol–water partition coefficient (Wildman–Crippen LogP) is 6.51. The Kier molecular flexibility index (Phi) is 15.6. The van der Waals surface area contributed by atoms with E-state index in [0.717, 1.165) is 16.7 Å². The highest BCUT2D eigenvalue weighted by Gasteiger charge is 2.45. The van der Waals surface area contributed by atoms with E-state index in [9.17, 15) is 14.9 Å². The minimum atomic E-state index is -1.71. The number of aromatic nitrogens is 2. The van der Waals surface area contributed by atoms with Crippen molar-refractivity contribution in [2.45, 2.75) is 76.7 Å². The summed E-state index contributed by atoms with van der Waals surface area (Å²) < 4.78 is 46.7. The topological polar surface area (TPSA) is 146 Å². The van der Waals surface area contributed by atoms with E-state index in [2.05, 4.69) is 55.3 Å². The molecular weight excluding hydrogens is 747 g/mol. The molecule has 0 aliphatic carbocycles. The third-order valence-corrected chi connectivity index (χ3v) is 11.6. The summed E-state index contributed by atoms with van der Waals surface area (Å²) in [5.74, 6) is 6.94. The number of nitriles is 1. The molecule has 57 heavy (non-hydrogen) atoms. The van der Waals surface area contributed by atoms with Gasteiger partial charge < -0.3 is 32.7 Å². The lowest BCUT2D eigenvalue weighted by Gasteiger charge is -2.39. The van der Waals surface area contributed by atoms with Crippen molar-refractivity contribution in [2.75, 3.05) is 41.2 Å². The predicted molar refractivity (Wildman–Crippen MR) is 217 cm³/mol. The Morgan fingerprint density at radius 1 is 0.912 bits per heavy atom. The highest BCUT2D eigenvalue weighted by Crippen LogP contribution is 2.50. The van der Waals surface area contributed by atoms with E-state index in [0.29, 0.717) is 11.5 Å². The molecule has 3 aromatic carbocycles. The summed E-state index contributed by atoms with van der Waals surface area (Å²) in [6, 6.07) is 27.6. The molecule has 1 aliphatic rings. The fraction of sp³-hybridized carbons (Fsp3) is 0.419. The molecule has 14 heteroatoms. The maximum atomic E-state index is 13.4. The highest BCUT2D eigenvalue weighted by atomic mass is 31.2. The quantitative estimate of drug-likeness (QED) is 0.0509. The van der Waals surface area contributed by atoms with Crippen molar-refractivity contribution < 1.29 is 32.7 Å². The molecule has 1 N–H and O–H groups in total. The van der Waals surface area contributed by atoms with Gasteiger partial charge in [0.25, 0.3) is 14.1 Å². The zero-order valence-electron chi connectivity index (χ0n) is 33.5. The van der Waals surface area contributed by atoms with Gasteiger partial charge in [-0.25, -0.2) is 9.46 Å². The number of hydrogen-bond acceptors (Lipinski definition) is 11. The first-order valence-electron chi connectivity index (χ1n) is 18.8. The SMILES string of the molecule is COCC#Cc1cn([C@H]2C[C@H](OP(OCCC#N)N(C(C)C)C(C)C)[C@@H](COC(c3ccccc3)(c3ccc(OC)cc3)c3ccc(OC)cc3)O2)c(=O)[nH]c1=O. The van der Waals surface area contributed by atoms with E-state index in [1.807, 2.05) is 78.9 Å². The Morgan fingerprint density at radius 2 is 1.51 bits per heavy atom. The lowest BCUT2D eigenvalue weighted by Crippen LogP contribution is -2.39. The van der Waals surface area contributed by atoms with Crippen molar-refractivity contribution in [3.63, 3.8) is 0 Å². The van der Waals surface area contributed by atoms with Crippen LogP contribution in [0.1, 0.15) is 69.0 Å². The van der Waals surface area contributed by atoms with Crippen LogP contribution in [0.2, 0.25) is 0 Å². The highest BCUT2D eigenvalue weighted by molar-refractivity contribution is 7.44. The molecule has 0 amide bonds. The second-order valence-electron chi connectivity index (χ2n) is 13.8. The van der Waals surface area contributed by atoms with Gasteiger partial charge in [0, 0.05) is 31.8 Å². The van der Waals surface area contributed by atoms with Gasteiger partial charge in [0.05, 0.1) is 46.0 Å². The third-order valence-electron chi connectivity index (χ3n) is 9.42. The van der Waals surface area contributed by atoms with Gasteiger partial charge in [-0.05, 0) is 68.7 Å². The second kappa shape index (κ2) is 20.6. The van der Waals surface area contributed by atoms with Crippen molar-refractivity contribution in [2.24, 2.45) is 0 Å². The molecule has 13 nitrogen and oxygen atoms in total. The van der Waals surface area contributed by atoms with Gasteiger partial charge in [0.2, 0.25) is 0 Å². The van der Waals surface area contributed by atoms with Crippen LogP contribution in [0, 0.1) is 23.2 Å². The van der Waals surface area contributed by atoms with Crippen molar-refractivity contribution in [1.29, 1.82) is 5.26 Å². The first kappa shape index (κ1) is 43.3. The van der Waals surface area contributed by atoms with Gasteiger partial charge in [-0.1, -0.05) is 66.4 Å². The van der Waals surface area contributed by atoms with Gasteiger partial charge >= 0.3 is 5.69 Å². The first-order valence-corrected chi connectivity index (χ1v) is 19.9. The number of H-pyrrole nitrogens is 1. The van der Waals surface area contributed by atoms with Crippen molar-refractivity contribution in [1.82, 2.24) is 14.2 Å². The van der Waals surface area contributed by atoms with E-state index < -0.39 is 43.8 Å². The van der Waals surface area contributed by atoms with Crippen LogP contribution in [0.3, 0.4) is 0 Å². The average molecular weight is 799 g/mol. The summed E-state index contributed by atoms with van der Waals surface area (Å²) in [7, 11) is 3.03. The summed E-state index contributed by atoms with van der Waals surface area (Å²) in [4.78, 5) is 28.5. The van der Waals surface area contributed by atoms with Crippen LogP contribution in [-0.4, -0.2) is 79.7 Å². The number of benzene rings is 3. The number of ether oxygens (including phenoxy) is 5.